The summed E-state index contributed by atoms with van der Waals surface area (Å²) >= 11 is 0. The Labute approximate surface area is 122 Å². The first-order valence-corrected chi connectivity index (χ1v) is 8.24. The Morgan fingerprint density at radius 3 is 3.00 bits per heavy atom. The largest absolute Gasteiger partial charge is 0.364 e. The number of nitrogens with zero attached hydrogens (tertiary/aromatic N) is 2. The van der Waals surface area contributed by atoms with Crippen molar-refractivity contribution < 1.29 is 4.57 Å². The second-order valence-corrected chi connectivity index (χ2v) is 6.64. The first-order chi connectivity index (χ1) is 9.78. The van der Waals surface area contributed by atoms with Crippen molar-refractivity contribution in [3.63, 3.8) is 0 Å². The molecule has 2 heterocycles. The number of para-hydroxylation sites is 1. The molecular weight excluding hydrogens is 264 g/mol. The van der Waals surface area contributed by atoms with Crippen LogP contribution in [-0.4, -0.2) is 22.7 Å². The number of benzene rings is 1. The molecule has 0 aliphatic carbocycles. The third-order valence-corrected chi connectivity index (χ3v) is 5.16. The zero-order chi connectivity index (χ0) is 13.9. The van der Waals surface area contributed by atoms with E-state index >= 15 is 0 Å². The van der Waals surface area contributed by atoms with E-state index in [0.717, 1.165) is 12.4 Å². The van der Waals surface area contributed by atoms with Gasteiger partial charge in [0.05, 0.1) is 5.88 Å². The van der Waals surface area contributed by atoms with Crippen LogP contribution in [0.3, 0.4) is 0 Å². The van der Waals surface area contributed by atoms with Crippen molar-refractivity contribution in [2.45, 2.75) is 0 Å². The van der Waals surface area contributed by atoms with Crippen molar-refractivity contribution in [3.05, 3.63) is 66.4 Å². The first-order valence-electron chi connectivity index (χ1n) is 6.72. The summed E-state index contributed by atoms with van der Waals surface area (Å²) < 4.78 is 2.27. The van der Waals surface area contributed by atoms with Crippen LogP contribution in [0.4, 0.5) is 0 Å². The molecule has 3 rings (SSSR count). The molecule has 1 unspecified atom stereocenters. The van der Waals surface area contributed by atoms with Gasteiger partial charge in [-0.05, 0) is 17.5 Å². The summed E-state index contributed by atoms with van der Waals surface area (Å²) in [5, 5.41) is 5.94. The Hall–Kier alpha value is -1.87. The van der Waals surface area contributed by atoms with Crippen molar-refractivity contribution in [3.8, 4) is 0 Å². The van der Waals surface area contributed by atoms with Gasteiger partial charge in [-0.1, -0.05) is 18.2 Å². The Bertz CT molecular complexity index is 716. The maximum absolute atomic E-state index is 3.79. The minimum atomic E-state index is 0.189. The molecule has 1 aromatic heterocycles. The van der Waals surface area contributed by atoms with Gasteiger partial charge in [0.2, 0.25) is 11.2 Å². The SMILES string of the molecule is C=CCN1C=CS(=Cc2ccc3ccccc3[n+]2C)C1. The number of aryl methyl sites for hydroxylation is 1. The molecule has 2 nitrogen and oxygen atoms in total. The zero-order valence-electron chi connectivity index (χ0n) is 11.7. The quantitative estimate of drug-likeness (QED) is 0.477. The molecule has 3 heteroatoms. The molecule has 1 aliphatic rings. The highest BCUT2D eigenvalue weighted by Gasteiger charge is 2.12. The summed E-state index contributed by atoms with van der Waals surface area (Å²) in [4.78, 5) is 2.30. The molecule has 0 fully saturated rings. The number of pyridine rings is 1. The number of hydrogen-bond acceptors (Lipinski definition) is 1. The minimum absolute atomic E-state index is 0.189. The highest BCUT2D eigenvalue weighted by Crippen LogP contribution is 2.24. The standard InChI is InChI=1S/C17H19N2S/c1-3-10-19-11-12-20(14-19)13-16-9-8-15-6-4-5-7-17(15)18(16)2/h3-9,11-13H,1,10,14H2,2H3/q+1. The van der Waals surface area contributed by atoms with Gasteiger partial charge in [-0.2, -0.15) is 4.57 Å². The summed E-state index contributed by atoms with van der Waals surface area (Å²) in [7, 11) is 2.33. The smallest absolute Gasteiger partial charge is 0.212 e. The van der Waals surface area contributed by atoms with Crippen LogP contribution in [0.2, 0.25) is 0 Å². The number of fused-ring (bicyclic) bond motifs is 1. The van der Waals surface area contributed by atoms with E-state index in [2.05, 4.69) is 76.5 Å². The fourth-order valence-electron chi connectivity index (χ4n) is 2.43. The third kappa shape index (κ3) is 2.54. The minimum Gasteiger partial charge on any atom is -0.364 e. The molecular formula is C17H19N2S+. The van der Waals surface area contributed by atoms with Crippen LogP contribution in [0.1, 0.15) is 5.69 Å². The Balaban J connectivity index is 1.94. The third-order valence-electron chi connectivity index (χ3n) is 3.52. The maximum Gasteiger partial charge on any atom is 0.212 e. The lowest BCUT2D eigenvalue weighted by Gasteiger charge is -2.11. The molecule has 20 heavy (non-hydrogen) atoms. The van der Waals surface area contributed by atoms with Gasteiger partial charge in [-0.15, -0.1) is 17.1 Å². The fraction of sp³-hybridized carbons (Fsp3) is 0.176. The lowest BCUT2D eigenvalue weighted by Crippen LogP contribution is -2.34. The fourth-order valence-corrected chi connectivity index (χ4v) is 4.12. The van der Waals surface area contributed by atoms with Gasteiger partial charge in [0, 0.05) is 35.6 Å². The average molecular weight is 283 g/mol. The Kier molecular flexibility index (Phi) is 3.70. The van der Waals surface area contributed by atoms with E-state index in [-0.39, 0.29) is 10.5 Å². The summed E-state index contributed by atoms with van der Waals surface area (Å²) in [5.41, 5.74) is 2.55. The van der Waals surface area contributed by atoms with Crippen molar-refractivity contribution in [1.29, 1.82) is 0 Å². The number of hydrogen-bond donors (Lipinski definition) is 0. The monoisotopic (exact) mass is 283 g/mol. The van der Waals surface area contributed by atoms with Gasteiger partial charge >= 0.3 is 0 Å². The highest BCUT2D eigenvalue weighted by atomic mass is 32.2. The molecule has 0 radical (unpaired) electrons. The van der Waals surface area contributed by atoms with Gasteiger partial charge in [0.15, 0.2) is 0 Å². The van der Waals surface area contributed by atoms with Gasteiger partial charge < -0.3 is 4.90 Å². The molecule has 0 N–H and O–H groups in total. The van der Waals surface area contributed by atoms with Crippen LogP contribution in [0.5, 0.6) is 0 Å². The Morgan fingerprint density at radius 1 is 1.30 bits per heavy atom. The molecule has 1 aromatic carbocycles. The second kappa shape index (κ2) is 5.63. The van der Waals surface area contributed by atoms with Crippen LogP contribution in [-0.2, 0) is 7.05 Å². The number of aromatic nitrogens is 1. The molecule has 0 saturated carbocycles. The molecule has 102 valence electrons. The van der Waals surface area contributed by atoms with Gasteiger partial charge in [-0.25, -0.2) is 0 Å². The van der Waals surface area contributed by atoms with Crippen LogP contribution in [0.25, 0.3) is 10.9 Å². The van der Waals surface area contributed by atoms with E-state index < -0.39 is 0 Å². The van der Waals surface area contributed by atoms with Gasteiger partial charge in [0.1, 0.15) is 7.05 Å². The van der Waals surface area contributed by atoms with Crippen molar-refractivity contribution in [1.82, 2.24) is 4.90 Å². The molecule has 1 atom stereocenters. The summed E-state index contributed by atoms with van der Waals surface area (Å²) in [5.74, 6) is 1.07. The summed E-state index contributed by atoms with van der Waals surface area (Å²) in [6.45, 7) is 4.72. The second-order valence-electron chi connectivity index (χ2n) is 4.94. The van der Waals surface area contributed by atoms with Crippen LogP contribution in [0.15, 0.2) is 60.7 Å². The summed E-state index contributed by atoms with van der Waals surface area (Å²) in [6.07, 6.45) is 4.13. The predicted octanol–water partition coefficient (Wildman–Crippen LogP) is 3.01. The van der Waals surface area contributed by atoms with E-state index in [1.54, 1.807) is 0 Å². The molecule has 2 aromatic rings. The van der Waals surface area contributed by atoms with E-state index in [1.165, 1.54) is 16.6 Å². The van der Waals surface area contributed by atoms with Crippen LogP contribution in [0, 0.1) is 0 Å². The van der Waals surface area contributed by atoms with E-state index in [0.29, 0.717) is 0 Å². The molecule has 0 bridgehead atoms. The zero-order valence-corrected chi connectivity index (χ0v) is 12.5. The van der Waals surface area contributed by atoms with Crippen molar-refractivity contribution in [2.24, 2.45) is 7.05 Å². The molecule has 0 saturated heterocycles. The number of rotatable bonds is 3. The summed E-state index contributed by atoms with van der Waals surface area (Å²) in [6, 6.07) is 12.9. The predicted molar refractivity (Wildman–Crippen MR) is 88.8 cm³/mol. The van der Waals surface area contributed by atoms with Crippen LogP contribution >= 0.6 is 10.5 Å². The van der Waals surface area contributed by atoms with E-state index in [9.17, 15) is 0 Å². The lowest BCUT2D eigenvalue weighted by molar-refractivity contribution is -0.645. The Morgan fingerprint density at radius 2 is 2.15 bits per heavy atom. The maximum atomic E-state index is 3.79. The van der Waals surface area contributed by atoms with E-state index in [1.807, 2.05) is 6.08 Å². The topological polar surface area (TPSA) is 7.12 Å². The molecule has 1 aliphatic heterocycles. The van der Waals surface area contributed by atoms with E-state index in [4.69, 9.17) is 0 Å². The van der Waals surface area contributed by atoms with Gasteiger partial charge in [0.25, 0.3) is 0 Å². The highest BCUT2D eigenvalue weighted by molar-refractivity contribution is 8.17. The van der Waals surface area contributed by atoms with Crippen molar-refractivity contribution in [2.75, 3.05) is 12.4 Å². The average Bonchev–Trinajstić information content (AvgIpc) is 2.90. The lowest BCUT2D eigenvalue weighted by atomic mass is 10.2. The molecule has 0 spiro atoms. The normalized spacial score (nSPS) is 18.1. The van der Waals surface area contributed by atoms with Gasteiger partial charge in [-0.3, -0.25) is 0 Å². The van der Waals surface area contributed by atoms with Crippen LogP contribution < -0.4 is 4.57 Å². The molecule has 0 amide bonds. The van der Waals surface area contributed by atoms with Crippen molar-refractivity contribution >= 4 is 26.8 Å². The first kappa shape index (κ1) is 13.1.